The molecule has 0 unspecified atom stereocenters. The Labute approximate surface area is 118 Å². The lowest BCUT2D eigenvalue weighted by molar-refractivity contribution is 0.0511. The highest BCUT2D eigenvalue weighted by Gasteiger charge is 2.29. The van der Waals surface area contributed by atoms with Crippen molar-refractivity contribution in [2.75, 3.05) is 0 Å². The number of piperidine rings is 1. The van der Waals surface area contributed by atoms with E-state index in [0.29, 0.717) is 15.6 Å². The minimum absolute atomic E-state index is 0.0269. The predicted molar refractivity (Wildman–Crippen MR) is 75.4 cm³/mol. The zero-order valence-electron chi connectivity index (χ0n) is 10.6. The Morgan fingerprint density at radius 2 is 1.61 bits per heavy atom. The molecule has 98 valence electrons. The third-order valence-corrected chi connectivity index (χ3v) is 3.97. The second-order valence-corrected chi connectivity index (χ2v) is 5.87. The van der Waals surface area contributed by atoms with Gasteiger partial charge in [-0.2, -0.15) is 0 Å². The Morgan fingerprint density at radius 3 is 2.11 bits per heavy atom. The Hall–Kier alpha value is -0.730. The van der Waals surface area contributed by atoms with Crippen molar-refractivity contribution in [3.05, 3.63) is 33.8 Å². The minimum Gasteiger partial charge on any atom is -0.333 e. The highest BCUT2D eigenvalue weighted by atomic mass is 35.5. The minimum atomic E-state index is 0.0269. The van der Waals surface area contributed by atoms with Crippen molar-refractivity contribution >= 4 is 29.1 Å². The summed E-state index contributed by atoms with van der Waals surface area (Å²) in [4.78, 5) is 14.5. The van der Waals surface area contributed by atoms with Crippen molar-refractivity contribution < 1.29 is 4.79 Å². The van der Waals surface area contributed by atoms with Crippen LogP contribution >= 0.6 is 23.2 Å². The van der Waals surface area contributed by atoms with Crippen LogP contribution < -0.4 is 0 Å². The molecule has 2 rings (SSSR count). The zero-order valence-corrected chi connectivity index (χ0v) is 12.1. The van der Waals surface area contributed by atoms with Gasteiger partial charge in [0.2, 0.25) is 0 Å². The average Bonchev–Trinajstić information content (AvgIpc) is 2.27. The number of benzene rings is 1. The molecule has 2 atom stereocenters. The van der Waals surface area contributed by atoms with Gasteiger partial charge in [0.05, 0.1) is 0 Å². The van der Waals surface area contributed by atoms with E-state index in [9.17, 15) is 4.79 Å². The molecule has 0 aliphatic carbocycles. The Bertz CT molecular complexity index is 431. The molecule has 0 aromatic heterocycles. The highest BCUT2D eigenvalue weighted by molar-refractivity contribution is 6.35. The van der Waals surface area contributed by atoms with Gasteiger partial charge in [-0.1, -0.05) is 23.2 Å². The van der Waals surface area contributed by atoms with Gasteiger partial charge in [-0.15, -0.1) is 0 Å². The van der Waals surface area contributed by atoms with E-state index < -0.39 is 0 Å². The van der Waals surface area contributed by atoms with Crippen LogP contribution in [0.4, 0.5) is 0 Å². The van der Waals surface area contributed by atoms with Crippen LogP contribution in [-0.4, -0.2) is 22.9 Å². The van der Waals surface area contributed by atoms with Gasteiger partial charge in [0.1, 0.15) is 0 Å². The molecule has 0 N–H and O–H groups in total. The van der Waals surface area contributed by atoms with Gasteiger partial charge >= 0.3 is 0 Å². The van der Waals surface area contributed by atoms with E-state index in [2.05, 4.69) is 13.8 Å². The van der Waals surface area contributed by atoms with E-state index in [-0.39, 0.29) is 18.0 Å². The van der Waals surface area contributed by atoms with Gasteiger partial charge in [-0.25, -0.2) is 0 Å². The quantitative estimate of drug-likeness (QED) is 0.749. The second kappa shape index (κ2) is 5.50. The maximum absolute atomic E-state index is 12.5. The number of likely N-dealkylation sites (tertiary alicyclic amines) is 1. The summed E-state index contributed by atoms with van der Waals surface area (Å²) in [6, 6.07) is 5.56. The van der Waals surface area contributed by atoms with E-state index >= 15 is 0 Å². The van der Waals surface area contributed by atoms with Crippen molar-refractivity contribution in [2.24, 2.45) is 0 Å². The normalized spacial score (nSPS) is 24.1. The standard InChI is InChI=1S/C14H17Cl2NO/c1-9-4-3-5-10(2)17(9)14(18)11-6-12(15)8-13(16)7-11/h6-10H,3-5H2,1-2H3/t9-,10-/m1/s1. The molecule has 1 amide bonds. The van der Waals surface area contributed by atoms with Crippen molar-refractivity contribution in [3.63, 3.8) is 0 Å². The number of halogens is 2. The summed E-state index contributed by atoms with van der Waals surface area (Å²) in [5.74, 6) is 0.0269. The molecule has 0 saturated carbocycles. The van der Waals surface area contributed by atoms with Crippen molar-refractivity contribution in [2.45, 2.75) is 45.2 Å². The summed E-state index contributed by atoms with van der Waals surface area (Å²) < 4.78 is 0. The number of nitrogens with zero attached hydrogens (tertiary/aromatic N) is 1. The summed E-state index contributed by atoms with van der Waals surface area (Å²) in [6.45, 7) is 4.19. The van der Waals surface area contributed by atoms with Crippen molar-refractivity contribution in [1.29, 1.82) is 0 Å². The number of carbonyl (C=O) groups is 1. The number of hydrogen-bond donors (Lipinski definition) is 0. The maximum atomic E-state index is 12.5. The molecule has 1 aromatic rings. The number of rotatable bonds is 1. The van der Waals surface area contributed by atoms with Crippen LogP contribution in [0.5, 0.6) is 0 Å². The molecule has 1 aromatic carbocycles. The molecule has 0 bridgehead atoms. The van der Waals surface area contributed by atoms with Gasteiger partial charge in [0.25, 0.3) is 5.91 Å². The first-order valence-electron chi connectivity index (χ1n) is 6.28. The van der Waals surface area contributed by atoms with E-state index in [0.717, 1.165) is 12.8 Å². The lowest BCUT2D eigenvalue weighted by atomic mass is 9.96. The van der Waals surface area contributed by atoms with E-state index in [4.69, 9.17) is 23.2 Å². The smallest absolute Gasteiger partial charge is 0.254 e. The molecule has 0 radical (unpaired) electrons. The van der Waals surface area contributed by atoms with Gasteiger partial charge in [-0.3, -0.25) is 4.79 Å². The van der Waals surface area contributed by atoms with Gasteiger partial charge in [-0.05, 0) is 51.3 Å². The first kappa shape index (κ1) is 13.7. The van der Waals surface area contributed by atoms with Gasteiger partial charge in [0, 0.05) is 27.7 Å². The average molecular weight is 286 g/mol. The molecule has 2 nitrogen and oxygen atoms in total. The summed E-state index contributed by atoms with van der Waals surface area (Å²) in [5, 5.41) is 1.01. The Morgan fingerprint density at radius 1 is 1.11 bits per heavy atom. The fraction of sp³-hybridized carbons (Fsp3) is 0.500. The fourth-order valence-electron chi connectivity index (χ4n) is 2.65. The summed E-state index contributed by atoms with van der Waals surface area (Å²) in [7, 11) is 0. The summed E-state index contributed by atoms with van der Waals surface area (Å²) >= 11 is 11.9. The molecule has 1 saturated heterocycles. The van der Waals surface area contributed by atoms with Crippen LogP contribution in [0.2, 0.25) is 10.0 Å². The van der Waals surface area contributed by atoms with Crippen LogP contribution in [0.15, 0.2) is 18.2 Å². The third kappa shape index (κ3) is 2.81. The van der Waals surface area contributed by atoms with Crippen molar-refractivity contribution in [1.82, 2.24) is 4.90 Å². The lowest BCUT2D eigenvalue weighted by Crippen LogP contribution is -2.47. The Balaban J connectivity index is 2.29. The molecule has 18 heavy (non-hydrogen) atoms. The summed E-state index contributed by atoms with van der Waals surface area (Å²) in [6.07, 6.45) is 3.30. The number of carbonyl (C=O) groups excluding carboxylic acids is 1. The van der Waals surface area contributed by atoms with Crippen LogP contribution in [0, 0.1) is 0 Å². The van der Waals surface area contributed by atoms with Gasteiger partial charge in [0.15, 0.2) is 0 Å². The molecule has 4 heteroatoms. The fourth-order valence-corrected chi connectivity index (χ4v) is 3.17. The topological polar surface area (TPSA) is 20.3 Å². The van der Waals surface area contributed by atoms with Crippen LogP contribution in [0.1, 0.15) is 43.5 Å². The number of amides is 1. The van der Waals surface area contributed by atoms with Crippen LogP contribution in [0.25, 0.3) is 0 Å². The largest absolute Gasteiger partial charge is 0.333 e. The van der Waals surface area contributed by atoms with Crippen LogP contribution in [0.3, 0.4) is 0 Å². The van der Waals surface area contributed by atoms with Crippen molar-refractivity contribution in [3.8, 4) is 0 Å². The maximum Gasteiger partial charge on any atom is 0.254 e. The highest BCUT2D eigenvalue weighted by Crippen LogP contribution is 2.26. The Kier molecular flexibility index (Phi) is 4.18. The second-order valence-electron chi connectivity index (χ2n) is 5.00. The molecule has 1 aliphatic rings. The number of hydrogen-bond acceptors (Lipinski definition) is 1. The summed E-state index contributed by atoms with van der Waals surface area (Å²) in [5.41, 5.74) is 0.577. The molecule has 1 aliphatic heterocycles. The van der Waals surface area contributed by atoms with Gasteiger partial charge < -0.3 is 4.90 Å². The lowest BCUT2D eigenvalue weighted by Gasteiger charge is -2.39. The molecule has 1 heterocycles. The monoisotopic (exact) mass is 285 g/mol. The first-order valence-corrected chi connectivity index (χ1v) is 7.03. The SMILES string of the molecule is C[C@@H]1CCC[C@@H](C)N1C(=O)c1cc(Cl)cc(Cl)c1. The van der Waals surface area contributed by atoms with Crippen LogP contribution in [-0.2, 0) is 0 Å². The molecular formula is C14H17Cl2NO. The first-order chi connectivity index (χ1) is 8.49. The predicted octanol–water partition coefficient (Wildman–Crippen LogP) is 4.40. The van der Waals surface area contributed by atoms with E-state index in [1.165, 1.54) is 6.42 Å². The van der Waals surface area contributed by atoms with E-state index in [1.54, 1.807) is 18.2 Å². The zero-order chi connectivity index (χ0) is 13.3. The molecule has 0 spiro atoms. The molecular weight excluding hydrogens is 269 g/mol. The third-order valence-electron chi connectivity index (χ3n) is 3.54. The molecule has 1 fully saturated rings. The van der Waals surface area contributed by atoms with E-state index in [1.807, 2.05) is 4.90 Å².